The van der Waals surface area contributed by atoms with Crippen molar-refractivity contribution in [1.29, 1.82) is 0 Å². The molecule has 3 nitrogen and oxygen atoms in total. The van der Waals surface area contributed by atoms with Gasteiger partial charge in [0.2, 0.25) is 0 Å². The zero-order valence-electron chi connectivity index (χ0n) is 9.69. The van der Waals surface area contributed by atoms with Gasteiger partial charge in [0.15, 0.2) is 0 Å². The lowest BCUT2D eigenvalue weighted by atomic mass is 10.0. The van der Waals surface area contributed by atoms with Crippen LogP contribution in [0.4, 0.5) is 0 Å². The van der Waals surface area contributed by atoms with Crippen molar-refractivity contribution in [3.8, 4) is 0 Å². The van der Waals surface area contributed by atoms with Crippen molar-refractivity contribution in [3.63, 3.8) is 0 Å². The Morgan fingerprint density at radius 1 is 0.889 bits per heavy atom. The highest BCUT2D eigenvalue weighted by atomic mass is 16.3. The van der Waals surface area contributed by atoms with E-state index in [2.05, 4.69) is 9.97 Å². The lowest BCUT2D eigenvalue weighted by Crippen LogP contribution is -2.01. The fourth-order valence-corrected chi connectivity index (χ4v) is 1.96. The summed E-state index contributed by atoms with van der Waals surface area (Å²) < 4.78 is 0. The van der Waals surface area contributed by atoms with E-state index in [-0.39, 0.29) is 0 Å². The predicted molar refractivity (Wildman–Crippen MR) is 70.0 cm³/mol. The van der Waals surface area contributed by atoms with Gasteiger partial charge in [-0.25, -0.2) is 0 Å². The molecule has 0 fully saturated rings. The summed E-state index contributed by atoms with van der Waals surface area (Å²) in [5, 5.41) is 11.3. The molecule has 0 amide bonds. The Bertz CT molecular complexity index is 667. The van der Waals surface area contributed by atoms with E-state index >= 15 is 0 Å². The van der Waals surface area contributed by atoms with E-state index in [0.717, 1.165) is 16.5 Å². The van der Waals surface area contributed by atoms with Crippen LogP contribution < -0.4 is 0 Å². The molecule has 1 atom stereocenters. The first-order valence-electron chi connectivity index (χ1n) is 5.78. The Labute approximate surface area is 105 Å². The van der Waals surface area contributed by atoms with Gasteiger partial charge in [0.25, 0.3) is 0 Å². The average Bonchev–Trinajstić information content (AvgIpc) is 2.47. The van der Waals surface area contributed by atoms with Gasteiger partial charge in [0, 0.05) is 17.8 Å². The molecule has 0 spiro atoms. The number of fused-ring (bicyclic) bond motifs is 1. The van der Waals surface area contributed by atoms with Crippen molar-refractivity contribution >= 4 is 10.9 Å². The van der Waals surface area contributed by atoms with Crippen molar-refractivity contribution in [2.75, 3.05) is 0 Å². The minimum Gasteiger partial charge on any atom is -0.382 e. The molecule has 0 aliphatic heterocycles. The van der Waals surface area contributed by atoms with Crippen molar-refractivity contribution in [3.05, 3.63) is 72.2 Å². The molecule has 2 aromatic heterocycles. The molecule has 2 heterocycles. The van der Waals surface area contributed by atoms with Gasteiger partial charge in [0.1, 0.15) is 6.10 Å². The number of rotatable bonds is 2. The fraction of sp³-hybridized carbons (Fsp3) is 0.0667. The molecular formula is C15H12N2O. The third-order valence-corrected chi connectivity index (χ3v) is 2.91. The highest BCUT2D eigenvalue weighted by Gasteiger charge is 2.11. The minimum atomic E-state index is -0.711. The van der Waals surface area contributed by atoms with Crippen LogP contribution in [0, 0.1) is 0 Å². The topological polar surface area (TPSA) is 46.0 Å². The summed E-state index contributed by atoms with van der Waals surface area (Å²) in [7, 11) is 0. The maximum atomic E-state index is 10.3. The number of nitrogens with zero attached hydrogens (tertiary/aromatic N) is 2. The van der Waals surface area contributed by atoms with Crippen LogP contribution in [0.1, 0.15) is 17.4 Å². The van der Waals surface area contributed by atoms with E-state index in [4.69, 9.17) is 0 Å². The maximum absolute atomic E-state index is 10.3. The van der Waals surface area contributed by atoms with Crippen LogP contribution in [0.15, 0.2) is 60.9 Å². The van der Waals surface area contributed by atoms with Crippen molar-refractivity contribution < 1.29 is 5.11 Å². The van der Waals surface area contributed by atoms with Gasteiger partial charge in [-0.15, -0.1) is 0 Å². The van der Waals surface area contributed by atoms with Crippen LogP contribution in [0.25, 0.3) is 10.9 Å². The maximum Gasteiger partial charge on any atom is 0.121 e. The lowest BCUT2D eigenvalue weighted by molar-refractivity contribution is 0.215. The number of hydrogen-bond donors (Lipinski definition) is 1. The molecule has 1 aromatic carbocycles. The second-order valence-electron chi connectivity index (χ2n) is 4.11. The van der Waals surface area contributed by atoms with E-state index in [9.17, 15) is 5.11 Å². The van der Waals surface area contributed by atoms with E-state index in [1.807, 2.05) is 48.5 Å². The van der Waals surface area contributed by atoms with Gasteiger partial charge in [-0.05, 0) is 29.8 Å². The Morgan fingerprint density at radius 2 is 1.78 bits per heavy atom. The monoisotopic (exact) mass is 236 g/mol. The molecule has 18 heavy (non-hydrogen) atoms. The smallest absolute Gasteiger partial charge is 0.121 e. The van der Waals surface area contributed by atoms with Crippen LogP contribution in [-0.4, -0.2) is 15.1 Å². The molecule has 0 aliphatic rings. The Morgan fingerprint density at radius 3 is 2.61 bits per heavy atom. The summed E-state index contributed by atoms with van der Waals surface area (Å²) in [6.07, 6.45) is 2.72. The molecule has 0 bridgehead atoms. The van der Waals surface area contributed by atoms with E-state index < -0.39 is 6.10 Å². The predicted octanol–water partition coefficient (Wildman–Crippen LogP) is 2.71. The largest absolute Gasteiger partial charge is 0.382 e. The van der Waals surface area contributed by atoms with E-state index in [1.54, 1.807) is 12.4 Å². The number of benzene rings is 1. The number of aliphatic hydroxyl groups excluding tert-OH is 1. The second kappa shape index (κ2) is 4.55. The van der Waals surface area contributed by atoms with Gasteiger partial charge in [-0.1, -0.05) is 24.3 Å². The van der Waals surface area contributed by atoms with Gasteiger partial charge >= 0.3 is 0 Å². The van der Waals surface area contributed by atoms with Crippen molar-refractivity contribution in [2.45, 2.75) is 6.10 Å². The minimum absolute atomic E-state index is 0.646. The molecule has 0 radical (unpaired) electrons. The third kappa shape index (κ3) is 1.96. The summed E-state index contributed by atoms with van der Waals surface area (Å²) in [4.78, 5) is 8.45. The quantitative estimate of drug-likeness (QED) is 0.744. The first-order valence-corrected chi connectivity index (χ1v) is 5.78. The zero-order chi connectivity index (χ0) is 12.4. The first-order chi connectivity index (χ1) is 8.84. The summed E-state index contributed by atoms with van der Waals surface area (Å²) >= 11 is 0. The molecule has 0 saturated heterocycles. The normalized spacial score (nSPS) is 12.5. The van der Waals surface area contributed by atoms with Gasteiger partial charge in [-0.3, -0.25) is 9.97 Å². The Kier molecular flexibility index (Phi) is 2.74. The fourth-order valence-electron chi connectivity index (χ4n) is 1.96. The molecule has 0 aliphatic carbocycles. The number of aromatic nitrogens is 2. The van der Waals surface area contributed by atoms with Gasteiger partial charge in [-0.2, -0.15) is 0 Å². The average molecular weight is 236 g/mol. The first kappa shape index (κ1) is 10.9. The molecule has 3 rings (SSSR count). The van der Waals surface area contributed by atoms with Crippen LogP contribution >= 0.6 is 0 Å². The summed E-state index contributed by atoms with van der Waals surface area (Å²) in [6.45, 7) is 0. The zero-order valence-corrected chi connectivity index (χ0v) is 9.69. The molecule has 1 N–H and O–H groups in total. The summed E-state index contributed by atoms with van der Waals surface area (Å²) in [5.74, 6) is 0. The lowest BCUT2D eigenvalue weighted by Gasteiger charge is -2.10. The van der Waals surface area contributed by atoms with Gasteiger partial charge < -0.3 is 5.11 Å². The molecule has 1 unspecified atom stereocenters. The number of pyridine rings is 2. The van der Waals surface area contributed by atoms with Crippen LogP contribution in [-0.2, 0) is 0 Å². The summed E-state index contributed by atoms with van der Waals surface area (Å²) in [5.41, 5.74) is 2.33. The standard InChI is InChI=1S/C15H12N2O/c18-15(13-5-1-2-8-16-13)12-7-6-11-4-3-9-17-14(11)10-12/h1-10,15,18H. The molecular weight excluding hydrogens is 224 g/mol. The second-order valence-corrected chi connectivity index (χ2v) is 4.11. The SMILES string of the molecule is OC(c1ccc2cccnc2c1)c1ccccn1. The van der Waals surface area contributed by atoms with E-state index in [1.165, 1.54) is 0 Å². The Balaban J connectivity index is 2.04. The highest BCUT2D eigenvalue weighted by molar-refractivity contribution is 5.79. The molecule has 3 aromatic rings. The van der Waals surface area contributed by atoms with E-state index in [0.29, 0.717) is 5.69 Å². The molecule has 0 saturated carbocycles. The van der Waals surface area contributed by atoms with Crippen molar-refractivity contribution in [2.24, 2.45) is 0 Å². The van der Waals surface area contributed by atoms with Crippen LogP contribution in [0.2, 0.25) is 0 Å². The summed E-state index contributed by atoms with van der Waals surface area (Å²) in [6, 6.07) is 15.2. The van der Waals surface area contributed by atoms with Crippen LogP contribution in [0.5, 0.6) is 0 Å². The Hall–Kier alpha value is -2.26. The van der Waals surface area contributed by atoms with Gasteiger partial charge in [0.05, 0.1) is 11.2 Å². The number of aliphatic hydroxyl groups is 1. The molecule has 3 heteroatoms. The number of hydrogen-bond acceptors (Lipinski definition) is 3. The third-order valence-electron chi connectivity index (χ3n) is 2.91. The highest BCUT2D eigenvalue weighted by Crippen LogP contribution is 2.23. The molecule has 88 valence electrons. The van der Waals surface area contributed by atoms with Crippen LogP contribution in [0.3, 0.4) is 0 Å². The van der Waals surface area contributed by atoms with Crippen molar-refractivity contribution in [1.82, 2.24) is 9.97 Å².